The lowest BCUT2D eigenvalue weighted by molar-refractivity contribution is 0.241. The number of hydrogen-bond donors (Lipinski definition) is 1. The molecule has 0 radical (unpaired) electrons. The average molecular weight is 126 g/mol. The van der Waals surface area contributed by atoms with E-state index in [9.17, 15) is 0 Å². The topological polar surface area (TPSA) is 15.3 Å². The van der Waals surface area contributed by atoms with Crippen LogP contribution >= 0.6 is 0 Å². The summed E-state index contributed by atoms with van der Waals surface area (Å²) in [5, 5.41) is 3.22. The van der Waals surface area contributed by atoms with Gasteiger partial charge in [-0.05, 0) is 13.1 Å². The number of allylic oxidation sites excluding steroid dienone is 1. The summed E-state index contributed by atoms with van der Waals surface area (Å²) in [6, 6.07) is 0.737. The van der Waals surface area contributed by atoms with Gasteiger partial charge >= 0.3 is 0 Å². The van der Waals surface area contributed by atoms with Crippen molar-refractivity contribution in [1.82, 2.24) is 10.2 Å². The Hall–Kier alpha value is -0.500. The minimum absolute atomic E-state index is 0.737. The Morgan fingerprint density at radius 1 is 1.56 bits per heavy atom. The van der Waals surface area contributed by atoms with Crippen LogP contribution in [0.1, 0.15) is 6.92 Å². The van der Waals surface area contributed by atoms with Gasteiger partial charge in [0.2, 0.25) is 0 Å². The van der Waals surface area contributed by atoms with Gasteiger partial charge in [0.25, 0.3) is 0 Å². The molecule has 9 heavy (non-hydrogen) atoms. The van der Waals surface area contributed by atoms with Crippen LogP contribution in [0.5, 0.6) is 0 Å². The van der Waals surface area contributed by atoms with Crippen LogP contribution in [0.3, 0.4) is 0 Å². The first-order valence-electron chi connectivity index (χ1n) is 3.40. The molecular formula is C7H14N2. The summed E-state index contributed by atoms with van der Waals surface area (Å²) in [6.07, 6.45) is 4.18. The number of nitrogens with one attached hydrogen (secondary N) is 1. The first kappa shape index (κ1) is 6.62. The Labute approximate surface area is 56.5 Å². The third kappa shape index (κ3) is 1.45. The first-order valence-corrected chi connectivity index (χ1v) is 3.40. The molecule has 2 nitrogen and oxygen atoms in total. The van der Waals surface area contributed by atoms with Crippen molar-refractivity contribution in [3.05, 3.63) is 12.3 Å². The predicted octanol–water partition coefficient (Wildman–Crippen LogP) is 0.424. The minimum Gasteiger partial charge on any atom is -0.375 e. The van der Waals surface area contributed by atoms with Crippen molar-refractivity contribution in [3.63, 3.8) is 0 Å². The van der Waals surface area contributed by atoms with Crippen molar-refractivity contribution in [2.24, 2.45) is 0 Å². The van der Waals surface area contributed by atoms with Gasteiger partial charge in [-0.2, -0.15) is 0 Å². The maximum atomic E-state index is 3.22. The Balaban J connectivity index is 2.23. The van der Waals surface area contributed by atoms with E-state index < -0.39 is 0 Å². The van der Waals surface area contributed by atoms with Gasteiger partial charge in [0, 0.05) is 20.1 Å². The van der Waals surface area contributed by atoms with E-state index in [0.717, 1.165) is 19.1 Å². The van der Waals surface area contributed by atoms with Crippen LogP contribution in [0.4, 0.5) is 0 Å². The first-order chi connectivity index (χ1) is 4.34. The maximum Gasteiger partial charge on any atom is 0.0530 e. The zero-order chi connectivity index (χ0) is 6.69. The van der Waals surface area contributed by atoms with Crippen molar-refractivity contribution in [1.29, 1.82) is 0 Å². The van der Waals surface area contributed by atoms with Crippen LogP contribution in [0, 0.1) is 0 Å². The lowest BCUT2D eigenvalue weighted by atomic mass is 10.1. The van der Waals surface area contributed by atoms with Gasteiger partial charge in [-0.15, -0.1) is 0 Å². The van der Waals surface area contributed by atoms with Crippen molar-refractivity contribution >= 4 is 0 Å². The van der Waals surface area contributed by atoms with Gasteiger partial charge < -0.3 is 10.2 Å². The van der Waals surface area contributed by atoms with Gasteiger partial charge in [0.05, 0.1) is 6.04 Å². The van der Waals surface area contributed by atoms with E-state index in [0.29, 0.717) is 0 Å². The van der Waals surface area contributed by atoms with Gasteiger partial charge in [-0.25, -0.2) is 0 Å². The molecule has 0 amide bonds. The average Bonchev–Trinajstić information content (AvgIpc) is 1.60. The van der Waals surface area contributed by atoms with Crippen LogP contribution in [0.15, 0.2) is 12.3 Å². The van der Waals surface area contributed by atoms with Gasteiger partial charge in [0.15, 0.2) is 0 Å². The highest BCUT2D eigenvalue weighted by Crippen LogP contribution is 2.01. The zero-order valence-corrected chi connectivity index (χ0v) is 6.09. The molecule has 0 aliphatic carbocycles. The molecule has 0 bridgehead atoms. The second kappa shape index (κ2) is 2.87. The fourth-order valence-corrected chi connectivity index (χ4v) is 0.918. The SMILES string of the molecule is C/C=C\N(C)C1CNC1. The summed E-state index contributed by atoms with van der Waals surface area (Å²) in [5.74, 6) is 0. The summed E-state index contributed by atoms with van der Waals surface area (Å²) in [5.41, 5.74) is 0. The number of hydrogen-bond acceptors (Lipinski definition) is 2. The molecule has 0 spiro atoms. The minimum atomic E-state index is 0.737. The summed E-state index contributed by atoms with van der Waals surface area (Å²) >= 11 is 0. The molecule has 52 valence electrons. The van der Waals surface area contributed by atoms with Crippen molar-refractivity contribution in [2.45, 2.75) is 13.0 Å². The summed E-state index contributed by atoms with van der Waals surface area (Å²) in [4.78, 5) is 2.25. The number of likely N-dealkylation sites (N-methyl/N-ethyl adjacent to an activating group) is 1. The molecule has 1 aliphatic heterocycles. The van der Waals surface area contributed by atoms with Crippen LogP contribution in [0.2, 0.25) is 0 Å². The van der Waals surface area contributed by atoms with Crippen molar-refractivity contribution in [2.75, 3.05) is 20.1 Å². The second-order valence-electron chi connectivity index (χ2n) is 2.46. The highest BCUT2D eigenvalue weighted by Gasteiger charge is 2.18. The van der Waals surface area contributed by atoms with Gasteiger partial charge in [-0.1, -0.05) is 6.08 Å². The Morgan fingerprint density at radius 2 is 2.22 bits per heavy atom. The highest BCUT2D eigenvalue weighted by atomic mass is 15.2. The molecule has 0 aromatic heterocycles. The third-order valence-corrected chi connectivity index (χ3v) is 1.72. The molecule has 2 heteroatoms. The summed E-state index contributed by atoms with van der Waals surface area (Å²) in [6.45, 7) is 4.32. The lowest BCUT2D eigenvalue weighted by Crippen LogP contribution is -2.54. The van der Waals surface area contributed by atoms with E-state index in [1.807, 2.05) is 6.92 Å². The van der Waals surface area contributed by atoms with E-state index in [1.54, 1.807) is 0 Å². The Bertz CT molecular complexity index is 105. The van der Waals surface area contributed by atoms with E-state index in [1.165, 1.54) is 0 Å². The largest absolute Gasteiger partial charge is 0.375 e. The lowest BCUT2D eigenvalue weighted by Gasteiger charge is -2.34. The van der Waals surface area contributed by atoms with E-state index >= 15 is 0 Å². The summed E-state index contributed by atoms with van der Waals surface area (Å²) < 4.78 is 0. The molecule has 1 saturated heterocycles. The smallest absolute Gasteiger partial charge is 0.0530 e. The van der Waals surface area contributed by atoms with Crippen molar-refractivity contribution < 1.29 is 0 Å². The van der Waals surface area contributed by atoms with Gasteiger partial charge in [0.1, 0.15) is 0 Å². The van der Waals surface area contributed by atoms with Crippen LogP contribution < -0.4 is 5.32 Å². The zero-order valence-electron chi connectivity index (χ0n) is 6.09. The molecule has 0 atom stereocenters. The fraction of sp³-hybridized carbons (Fsp3) is 0.714. The van der Waals surface area contributed by atoms with E-state index in [-0.39, 0.29) is 0 Å². The highest BCUT2D eigenvalue weighted by molar-refractivity contribution is 4.89. The van der Waals surface area contributed by atoms with Crippen LogP contribution in [0.25, 0.3) is 0 Å². The molecule has 1 aliphatic rings. The van der Waals surface area contributed by atoms with Crippen molar-refractivity contribution in [3.8, 4) is 0 Å². The molecule has 0 aromatic carbocycles. The molecule has 0 aromatic rings. The Kier molecular flexibility index (Phi) is 2.11. The molecule has 1 N–H and O–H groups in total. The second-order valence-corrected chi connectivity index (χ2v) is 2.46. The van der Waals surface area contributed by atoms with Crippen LogP contribution in [-0.2, 0) is 0 Å². The monoisotopic (exact) mass is 126 g/mol. The van der Waals surface area contributed by atoms with Crippen LogP contribution in [-0.4, -0.2) is 31.1 Å². The molecule has 1 rings (SSSR count). The summed E-state index contributed by atoms with van der Waals surface area (Å²) in [7, 11) is 2.12. The normalized spacial score (nSPS) is 20.2. The fourth-order valence-electron chi connectivity index (χ4n) is 0.918. The van der Waals surface area contributed by atoms with Gasteiger partial charge in [-0.3, -0.25) is 0 Å². The molecule has 0 unspecified atom stereocenters. The molecule has 1 heterocycles. The standard InChI is InChI=1S/C7H14N2/c1-3-4-9(2)7-5-8-6-7/h3-4,7-8H,5-6H2,1-2H3/b4-3-. The third-order valence-electron chi connectivity index (χ3n) is 1.72. The quantitative estimate of drug-likeness (QED) is 0.577. The number of nitrogens with zero attached hydrogens (tertiary/aromatic N) is 1. The van der Waals surface area contributed by atoms with E-state index in [2.05, 4.69) is 29.5 Å². The number of rotatable bonds is 2. The predicted molar refractivity (Wildman–Crippen MR) is 39.2 cm³/mol. The Morgan fingerprint density at radius 3 is 2.56 bits per heavy atom. The molecular weight excluding hydrogens is 112 g/mol. The molecule has 1 fully saturated rings. The molecule has 0 saturated carbocycles. The van der Waals surface area contributed by atoms with E-state index in [4.69, 9.17) is 0 Å². The maximum absolute atomic E-state index is 3.22.